The number of amides is 1. The Morgan fingerprint density at radius 1 is 0.969 bits per heavy atom. The van der Waals surface area contributed by atoms with Crippen LogP contribution in [-0.4, -0.2) is 18.0 Å². The first kappa shape index (κ1) is 21.6. The molecule has 0 unspecified atom stereocenters. The van der Waals surface area contributed by atoms with Crippen LogP contribution in [0.25, 0.3) is 22.6 Å². The second-order valence-electron chi connectivity index (χ2n) is 9.12. The maximum atomic E-state index is 12.9. The fourth-order valence-electron chi connectivity index (χ4n) is 3.56. The predicted octanol–water partition coefficient (Wildman–Crippen LogP) is 6.67. The molecule has 4 rings (SSSR count). The Bertz CT molecular complexity index is 1260. The first-order chi connectivity index (χ1) is 15.2. The number of benzene rings is 3. The number of nitrogens with zero attached hydrogens (tertiary/aromatic N) is 1. The highest BCUT2D eigenvalue weighted by molar-refractivity contribution is 6.05. The van der Waals surface area contributed by atoms with E-state index in [4.69, 9.17) is 9.15 Å². The lowest BCUT2D eigenvalue weighted by molar-refractivity contribution is 0.102. The summed E-state index contributed by atoms with van der Waals surface area (Å²) in [4.78, 5) is 17.5. The summed E-state index contributed by atoms with van der Waals surface area (Å²) in [7, 11) is 1.58. The van der Waals surface area contributed by atoms with Gasteiger partial charge >= 0.3 is 0 Å². The van der Waals surface area contributed by atoms with Crippen molar-refractivity contribution in [1.82, 2.24) is 4.98 Å². The molecule has 0 atom stereocenters. The van der Waals surface area contributed by atoms with Crippen LogP contribution in [0.1, 0.15) is 47.8 Å². The standard InChI is InChI=1S/C27H28N2O3/c1-16-13-21-24(14-17(16)2)32-26(29-21)19-9-12-23(31-6)22(15-19)28-25(30)18-7-10-20(11-8-18)27(3,4)5/h7-15H,1-6H3,(H,28,30). The van der Waals surface area contributed by atoms with Gasteiger partial charge in [0.15, 0.2) is 5.58 Å². The van der Waals surface area contributed by atoms with Crippen molar-refractivity contribution in [1.29, 1.82) is 0 Å². The monoisotopic (exact) mass is 428 g/mol. The van der Waals surface area contributed by atoms with E-state index in [2.05, 4.69) is 38.0 Å². The van der Waals surface area contributed by atoms with Gasteiger partial charge in [-0.1, -0.05) is 32.9 Å². The summed E-state index contributed by atoms with van der Waals surface area (Å²) in [5, 5.41) is 2.96. The van der Waals surface area contributed by atoms with Crippen LogP contribution in [0.15, 0.2) is 59.0 Å². The van der Waals surface area contributed by atoms with Crippen molar-refractivity contribution in [3.05, 3.63) is 76.9 Å². The zero-order chi connectivity index (χ0) is 23.0. The van der Waals surface area contributed by atoms with Gasteiger partial charge in [-0.2, -0.15) is 0 Å². The van der Waals surface area contributed by atoms with Crippen molar-refractivity contribution in [2.45, 2.75) is 40.0 Å². The van der Waals surface area contributed by atoms with Gasteiger partial charge in [0.05, 0.1) is 12.8 Å². The van der Waals surface area contributed by atoms with Crippen molar-refractivity contribution >= 4 is 22.7 Å². The Balaban J connectivity index is 1.64. The van der Waals surface area contributed by atoms with Gasteiger partial charge < -0.3 is 14.5 Å². The number of rotatable bonds is 4. The van der Waals surface area contributed by atoms with Crippen molar-refractivity contribution in [2.24, 2.45) is 0 Å². The largest absolute Gasteiger partial charge is 0.495 e. The molecule has 0 aliphatic rings. The van der Waals surface area contributed by atoms with E-state index < -0.39 is 0 Å². The van der Waals surface area contributed by atoms with E-state index in [1.807, 2.05) is 55.5 Å². The van der Waals surface area contributed by atoms with E-state index >= 15 is 0 Å². The Kier molecular flexibility index (Phi) is 5.51. The second-order valence-corrected chi connectivity index (χ2v) is 9.12. The molecule has 1 N–H and O–H groups in total. The number of anilines is 1. The predicted molar refractivity (Wildman–Crippen MR) is 129 cm³/mol. The Hall–Kier alpha value is -3.60. The molecular weight excluding hydrogens is 400 g/mol. The first-order valence-electron chi connectivity index (χ1n) is 10.6. The van der Waals surface area contributed by atoms with Crippen molar-refractivity contribution in [2.75, 3.05) is 12.4 Å². The molecule has 1 aromatic heterocycles. The lowest BCUT2D eigenvalue weighted by Gasteiger charge is -2.19. The molecule has 3 aromatic carbocycles. The summed E-state index contributed by atoms with van der Waals surface area (Å²) in [6.45, 7) is 10.5. The second kappa shape index (κ2) is 8.15. The molecule has 1 heterocycles. The Labute approximate surface area is 188 Å². The number of aromatic nitrogens is 1. The zero-order valence-electron chi connectivity index (χ0n) is 19.4. The molecule has 1 amide bonds. The molecular formula is C27H28N2O3. The van der Waals surface area contributed by atoms with Crippen molar-refractivity contribution in [3.8, 4) is 17.2 Å². The smallest absolute Gasteiger partial charge is 0.255 e. The summed E-state index contributed by atoms with van der Waals surface area (Å²) >= 11 is 0. The summed E-state index contributed by atoms with van der Waals surface area (Å²) in [6.07, 6.45) is 0. The minimum atomic E-state index is -0.204. The number of methoxy groups -OCH3 is 1. The molecule has 0 bridgehead atoms. The fourth-order valence-corrected chi connectivity index (χ4v) is 3.56. The highest BCUT2D eigenvalue weighted by atomic mass is 16.5. The normalized spacial score (nSPS) is 11.6. The van der Waals surface area contributed by atoms with Crippen LogP contribution in [0.4, 0.5) is 5.69 Å². The molecule has 0 radical (unpaired) electrons. The number of oxazole rings is 1. The van der Waals surface area contributed by atoms with E-state index in [1.165, 1.54) is 5.56 Å². The Morgan fingerprint density at radius 3 is 2.31 bits per heavy atom. The molecule has 0 spiro atoms. The molecule has 5 nitrogen and oxygen atoms in total. The molecule has 164 valence electrons. The summed E-state index contributed by atoms with van der Waals surface area (Å²) < 4.78 is 11.4. The number of carbonyl (C=O) groups excluding carboxylic acids is 1. The Morgan fingerprint density at radius 2 is 1.66 bits per heavy atom. The van der Waals surface area contributed by atoms with Crippen LogP contribution in [0.5, 0.6) is 5.75 Å². The average Bonchev–Trinajstić information content (AvgIpc) is 3.16. The third-order valence-corrected chi connectivity index (χ3v) is 5.71. The first-order valence-corrected chi connectivity index (χ1v) is 10.6. The molecule has 0 aliphatic heterocycles. The number of ether oxygens (including phenoxy) is 1. The van der Waals surface area contributed by atoms with Gasteiger partial charge in [-0.25, -0.2) is 4.98 Å². The number of fused-ring (bicyclic) bond motifs is 1. The highest BCUT2D eigenvalue weighted by Gasteiger charge is 2.17. The zero-order valence-corrected chi connectivity index (χ0v) is 19.4. The molecule has 4 aromatic rings. The lowest BCUT2D eigenvalue weighted by Crippen LogP contribution is -2.14. The number of hydrogen-bond acceptors (Lipinski definition) is 4. The number of aryl methyl sites for hydroxylation is 2. The van der Waals surface area contributed by atoms with Gasteiger partial charge in [-0.3, -0.25) is 4.79 Å². The minimum Gasteiger partial charge on any atom is -0.495 e. The van der Waals surface area contributed by atoms with Gasteiger partial charge in [0.1, 0.15) is 11.3 Å². The molecule has 0 aliphatic carbocycles. The SMILES string of the molecule is COc1ccc(-c2nc3cc(C)c(C)cc3o2)cc1NC(=O)c1ccc(C(C)(C)C)cc1. The van der Waals surface area contributed by atoms with Gasteiger partial charge in [0.25, 0.3) is 5.91 Å². The van der Waals surface area contributed by atoms with Gasteiger partial charge in [-0.05, 0) is 78.4 Å². The van der Waals surface area contributed by atoms with Crippen molar-refractivity contribution in [3.63, 3.8) is 0 Å². The number of hydrogen-bond donors (Lipinski definition) is 1. The maximum absolute atomic E-state index is 12.9. The topological polar surface area (TPSA) is 64.4 Å². The van der Waals surface area contributed by atoms with Crippen LogP contribution >= 0.6 is 0 Å². The summed E-state index contributed by atoms with van der Waals surface area (Å²) in [5.74, 6) is 0.860. The molecule has 0 saturated carbocycles. The molecule has 32 heavy (non-hydrogen) atoms. The number of carbonyl (C=O) groups is 1. The van der Waals surface area contributed by atoms with Gasteiger partial charge in [0.2, 0.25) is 5.89 Å². The highest BCUT2D eigenvalue weighted by Crippen LogP contribution is 2.33. The minimum absolute atomic E-state index is 0.0310. The van der Waals surface area contributed by atoms with E-state index in [9.17, 15) is 4.79 Å². The lowest BCUT2D eigenvalue weighted by atomic mass is 9.87. The fraction of sp³-hybridized carbons (Fsp3) is 0.259. The van der Waals surface area contributed by atoms with Gasteiger partial charge in [-0.15, -0.1) is 0 Å². The molecule has 0 fully saturated rings. The van der Waals surface area contributed by atoms with Crippen LogP contribution in [0.2, 0.25) is 0 Å². The third kappa shape index (κ3) is 4.24. The summed E-state index contributed by atoms with van der Waals surface area (Å²) in [5.41, 5.74) is 6.97. The number of nitrogens with one attached hydrogen (secondary N) is 1. The molecule has 0 saturated heterocycles. The maximum Gasteiger partial charge on any atom is 0.255 e. The van der Waals surface area contributed by atoms with E-state index in [1.54, 1.807) is 13.2 Å². The quantitative estimate of drug-likeness (QED) is 0.394. The van der Waals surface area contributed by atoms with E-state index in [0.717, 1.165) is 27.8 Å². The van der Waals surface area contributed by atoms with E-state index in [0.29, 0.717) is 22.9 Å². The summed E-state index contributed by atoms with van der Waals surface area (Å²) in [6, 6.07) is 17.2. The van der Waals surface area contributed by atoms with E-state index in [-0.39, 0.29) is 11.3 Å². The molecule has 5 heteroatoms. The van der Waals surface area contributed by atoms with Crippen LogP contribution in [0, 0.1) is 13.8 Å². The third-order valence-electron chi connectivity index (χ3n) is 5.71. The van der Waals surface area contributed by atoms with Crippen LogP contribution in [0.3, 0.4) is 0 Å². The van der Waals surface area contributed by atoms with Crippen LogP contribution < -0.4 is 10.1 Å². The van der Waals surface area contributed by atoms with Gasteiger partial charge in [0, 0.05) is 11.1 Å². The average molecular weight is 429 g/mol. The van der Waals surface area contributed by atoms with Crippen molar-refractivity contribution < 1.29 is 13.9 Å². The van der Waals surface area contributed by atoms with Crippen LogP contribution in [-0.2, 0) is 5.41 Å².